The summed E-state index contributed by atoms with van der Waals surface area (Å²) < 4.78 is 2.35. The lowest BCUT2D eigenvalue weighted by molar-refractivity contribution is 0.792. The van der Waals surface area contributed by atoms with E-state index in [1.807, 2.05) is 11.8 Å². The average molecular weight is 294 g/mol. The maximum Gasteiger partial charge on any atom is 0.0491 e. The van der Waals surface area contributed by atoms with Crippen molar-refractivity contribution < 1.29 is 0 Å². The molecule has 0 aliphatic heterocycles. The third kappa shape index (κ3) is 3.96. The van der Waals surface area contributed by atoms with Gasteiger partial charge in [-0.2, -0.15) is 11.8 Å². The van der Waals surface area contributed by atoms with E-state index in [4.69, 9.17) is 0 Å². The van der Waals surface area contributed by atoms with E-state index in [1.165, 1.54) is 45.9 Å². The fourth-order valence-corrected chi connectivity index (χ4v) is 4.40. The highest BCUT2D eigenvalue weighted by molar-refractivity contribution is 8.03. The molecule has 1 aromatic carbocycles. The van der Waals surface area contributed by atoms with Gasteiger partial charge in [0.15, 0.2) is 0 Å². The Hall–Kier alpha value is -0.540. The minimum absolute atomic E-state index is 1.05. The summed E-state index contributed by atoms with van der Waals surface area (Å²) in [5.41, 5.74) is 1.37. The number of thioether (sulfide) groups is 2. The van der Waals surface area contributed by atoms with Crippen LogP contribution in [0.3, 0.4) is 0 Å². The van der Waals surface area contributed by atoms with E-state index >= 15 is 0 Å². The smallest absolute Gasteiger partial charge is 0.0491 e. The second-order valence-corrected chi connectivity index (χ2v) is 6.97. The number of nitrogens with zero attached hydrogens (tertiary/aromatic N) is 1. The molecule has 0 spiro atoms. The molecule has 0 fully saturated rings. The first-order valence-corrected chi connectivity index (χ1v) is 9.29. The van der Waals surface area contributed by atoms with Crippen LogP contribution in [-0.2, 0) is 6.54 Å². The average Bonchev–Trinajstić information content (AvgIpc) is 2.81. The van der Waals surface area contributed by atoms with Gasteiger partial charge in [-0.25, -0.2) is 0 Å². The number of para-hydroxylation sites is 1. The molecule has 0 N–H and O–H groups in total. The summed E-state index contributed by atoms with van der Waals surface area (Å²) in [7, 11) is 0. The summed E-state index contributed by atoms with van der Waals surface area (Å²) >= 11 is 4.09. The van der Waals surface area contributed by atoms with Gasteiger partial charge in [-0.3, -0.25) is 0 Å². The van der Waals surface area contributed by atoms with Crippen LogP contribution in [0.25, 0.3) is 10.9 Å². The monoisotopic (exact) mass is 293 g/mol. The molecule has 0 aliphatic rings. The van der Waals surface area contributed by atoms with E-state index < -0.39 is 0 Å². The Morgan fingerprint density at radius 2 is 1.89 bits per heavy atom. The highest BCUT2D eigenvalue weighted by atomic mass is 32.2. The van der Waals surface area contributed by atoms with Gasteiger partial charge in [-0.1, -0.05) is 31.5 Å². The van der Waals surface area contributed by atoms with Gasteiger partial charge in [0.05, 0.1) is 0 Å². The van der Waals surface area contributed by atoms with Crippen molar-refractivity contribution >= 4 is 34.4 Å². The number of unbranched alkanes of at least 4 members (excludes halogenated alkanes) is 1. The number of aryl methyl sites for hydroxylation is 1. The van der Waals surface area contributed by atoms with Crippen LogP contribution in [0.4, 0.5) is 0 Å². The molecule has 0 unspecified atom stereocenters. The third-order valence-corrected chi connectivity index (χ3v) is 5.59. The van der Waals surface area contributed by atoms with Crippen LogP contribution in [-0.4, -0.2) is 21.8 Å². The first kappa shape index (κ1) is 14.9. The molecular formula is C16H23NS2. The lowest BCUT2D eigenvalue weighted by atomic mass is 10.2. The van der Waals surface area contributed by atoms with Crippen LogP contribution in [0.1, 0.15) is 26.7 Å². The summed E-state index contributed by atoms with van der Waals surface area (Å²) in [6.45, 7) is 5.52. The number of fused-ring (bicyclic) bond motifs is 1. The van der Waals surface area contributed by atoms with Crippen molar-refractivity contribution in [3.8, 4) is 0 Å². The van der Waals surface area contributed by atoms with Gasteiger partial charge in [0.25, 0.3) is 0 Å². The van der Waals surface area contributed by atoms with Crippen LogP contribution in [0.5, 0.6) is 0 Å². The summed E-state index contributed by atoms with van der Waals surface area (Å²) in [4.78, 5) is 1.44. The Morgan fingerprint density at radius 3 is 2.68 bits per heavy atom. The second kappa shape index (κ2) is 7.91. The van der Waals surface area contributed by atoms with E-state index in [-0.39, 0.29) is 0 Å². The minimum atomic E-state index is 1.05. The number of hydrogen-bond acceptors (Lipinski definition) is 2. The largest absolute Gasteiger partial charge is 0.347 e. The Balaban J connectivity index is 1.93. The van der Waals surface area contributed by atoms with Crippen molar-refractivity contribution in [1.82, 2.24) is 4.57 Å². The SMILES string of the molecule is CCCCSCCSc1cn(CC)c2ccccc12. The Morgan fingerprint density at radius 1 is 1.05 bits per heavy atom. The number of rotatable bonds is 8. The third-order valence-electron chi connectivity index (χ3n) is 3.22. The molecule has 0 amide bonds. The van der Waals surface area contributed by atoms with Crippen LogP contribution in [0.2, 0.25) is 0 Å². The summed E-state index contributed by atoms with van der Waals surface area (Å²) in [6, 6.07) is 8.73. The maximum absolute atomic E-state index is 2.35. The van der Waals surface area contributed by atoms with Gasteiger partial charge in [-0.15, -0.1) is 11.8 Å². The molecule has 0 bridgehead atoms. The molecule has 19 heavy (non-hydrogen) atoms. The molecule has 104 valence electrons. The number of benzene rings is 1. The van der Waals surface area contributed by atoms with Gasteiger partial charge in [0.2, 0.25) is 0 Å². The van der Waals surface area contributed by atoms with E-state index in [2.05, 4.69) is 60.6 Å². The topological polar surface area (TPSA) is 4.93 Å². The van der Waals surface area contributed by atoms with E-state index in [0.29, 0.717) is 0 Å². The summed E-state index contributed by atoms with van der Waals surface area (Å²) in [6.07, 6.45) is 4.97. The van der Waals surface area contributed by atoms with Crippen molar-refractivity contribution in [2.45, 2.75) is 38.1 Å². The maximum atomic E-state index is 2.35. The fraction of sp³-hybridized carbons (Fsp3) is 0.500. The zero-order valence-electron chi connectivity index (χ0n) is 11.9. The standard InChI is InChI=1S/C16H23NS2/c1-3-5-10-18-11-12-19-16-13-17(4-2)15-9-7-6-8-14(15)16/h6-9,13H,3-5,10-12H2,1-2H3. The molecule has 0 saturated carbocycles. The molecule has 0 radical (unpaired) electrons. The summed E-state index contributed by atoms with van der Waals surface area (Å²) in [5, 5.41) is 1.41. The lowest BCUT2D eigenvalue weighted by Gasteiger charge is -2.00. The predicted molar refractivity (Wildman–Crippen MR) is 90.6 cm³/mol. The normalized spacial score (nSPS) is 11.3. The molecule has 1 nitrogen and oxygen atoms in total. The highest BCUT2D eigenvalue weighted by Crippen LogP contribution is 2.30. The molecule has 0 atom stereocenters. The van der Waals surface area contributed by atoms with Crippen molar-refractivity contribution in [3.63, 3.8) is 0 Å². The Kier molecular flexibility index (Phi) is 6.18. The van der Waals surface area contributed by atoms with Crippen LogP contribution < -0.4 is 0 Å². The summed E-state index contributed by atoms with van der Waals surface area (Å²) in [5.74, 6) is 3.79. The Labute approximate surface area is 125 Å². The second-order valence-electron chi connectivity index (χ2n) is 4.61. The molecule has 1 heterocycles. The molecule has 1 aromatic heterocycles. The Bertz CT molecular complexity index is 504. The molecule has 2 rings (SSSR count). The zero-order valence-corrected chi connectivity index (χ0v) is 13.5. The van der Waals surface area contributed by atoms with Crippen molar-refractivity contribution in [2.75, 3.05) is 17.3 Å². The number of aromatic nitrogens is 1. The number of hydrogen-bond donors (Lipinski definition) is 0. The molecule has 0 saturated heterocycles. The highest BCUT2D eigenvalue weighted by Gasteiger charge is 2.06. The minimum Gasteiger partial charge on any atom is -0.347 e. The lowest BCUT2D eigenvalue weighted by Crippen LogP contribution is -1.89. The quantitative estimate of drug-likeness (QED) is 0.481. The van der Waals surface area contributed by atoms with Crippen molar-refractivity contribution in [3.05, 3.63) is 30.5 Å². The molecule has 0 aliphatic carbocycles. The van der Waals surface area contributed by atoms with E-state index in [0.717, 1.165) is 6.54 Å². The van der Waals surface area contributed by atoms with Gasteiger partial charge >= 0.3 is 0 Å². The van der Waals surface area contributed by atoms with Crippen LogP contribution >= 0.6 is 23.5 Å². The van der Waals surface area contributed by atoms with E-state index in [9.17, 15) is 0 Å². The van der Waals surface area contributed by atoms with Gasteiger partial charge in [-0.05, 0) is 25.2 Å². The van der Waals surface area contributed by atoms with Gasteiger partial charge in [0.1, 0.15) is 0 Å². The van der Waals surface area contributed by atoms with Gasteiger partial charge < -0.3 is 4.57 Å². The fourth-order valence-electron chi connectivity index (χ4n) is 2.15. The van der Waals surface area contributed by atoms with Crippen molar-refractivity contribution in [1.29, 1.82) is 0 Å². The first-order chi connectivity index (χ1) is 9.36. The van der Waals surface area contributed by atoms with E-state index in [1.54, 1.807) is 0 Å². The van der Waals surface area contributed by atoms with Gasteiger partial charge in [0, 0.05) is 40.0 Å². The first-order valence-electron chi connectivity index (χ1n) is 7.15. The zero-order chi connectivity index (χ0) is 13.5. The molecule has 3 heteroatoms. The van der Waals surface area contributed by atoms with Crippen molar-refractivity contribution in [2.24, 2.45) is 0 Å². The van der Waals surface area contributed by atoms with Crippen LogP contribution in [0.15, 0.2) is 35.4 Å². The predicted octanol–water partition coefficient (Wildman–Crippen LogP) is 5.29. The molecular weight excluding hydrogens is 270 g/mol. The molecule has 2 aromatic rings. The van der Waals surface area contributed by atoms with Crippen LogP contribution in [0, 0.1) is 0 Å².